The smallest absolute Gasteiger partial charge is 0.255 e. The first-order chi connectivity index (χ1) is 11.1. The van der Waals surface area contributed by atoms with Gasteiger partial charge >= 0.3 is 0 Å². The van der Waals surface area contributed by atoms with Crippen LogP contribution in [0.3, 0.4) is 0 Å². The lowest BCUT2D eigenvalue weighted by atomic mass is 10.0. The zero-order valence-corrected chi connectivity index (χ0v) is 13.9. The predicted molar refractivity (Wildman–Crippen MR) is 87.9 cm³/mol. The molecule has 0 aromatic heterocycles. The number of carbonyl (C=O) groups excluding carboxylic acids is 1. The number of nitrogens with one attached hydrogen (secondary N) is 1. The minimum absolute atomic E-state index is 0.225. The van der Waals surface area contributed by atoms with Crippen molar-refractivity contribution in [3.8, 4) is 11.5 Å². The first-order valence-corrected chi connectivity index (χ1v) is 8.18. The van der Waals surface area contributed by atoms with Crippen LogP contribution in [0.5, 0.6) is 11.5 Å². The summed E-state index contributed by atoms with van der Waals surface area (Å²) in [7, 11) is 1.55. The summed E-state index contributed by atoms with van der Waals surface area (Å²) in [5.41, 5.74) is 6.18. The fourth-order valence-corrected chi connectivity index (χ4v) is 3.81. The standard InChI is InChI=1S/C16H22ClN3O3/c1-22-14-5-10(4-12(17)16(14)23-9-15(18)21)8-20-3-2-11-6-19-7-13(11)20/h4-5,11,13,19H,2-3,6-9H2,1H3,(H2,18,21)/t11-,13+/m1/s1. The van der Waals surface area contributed by atoms with Gasteiger partial charge in [0.2, 0.25) is 0 Å². The Morgan fingerprint density at radius 3 is 3.04 bits per heavy atom. The number of primary amides is 1. The van der Waals surface area contributed by atoms with E-state index in [2.05, 4.69) is 10.2 Å². The first kappa shape index (κ1) is 16.4. The fraction of sp³-hybridized carbons (Fsp3) is 0.562. The predicted octanol–water partition coefficient (Wildman–Crippen LogP) is 1.01. The number of rotatable bonds is 6. The van der Waals surface area contributed by atoms with Gasteiger partial charge in [-0.1, -0.05) is 11.6 Å². The second-order valence-electron chi connectivity index (χ2n) is 6.11. The van der Waals surface area contributed by atoms with Crippen LogP contribution in [-0.4, -0.2) is 50.2 Å². The summed E-state index contributed by atoms with van der Waals surface area (Å²) in [6, 6.07) is 4.39. The van der Waals surface area contributed by atoms with Gasteiger partial charge in [0, 0.05) is 19.1 Å². The van der Waals surface area contributed by atoms with Gasteiger partial charge in [0.05, 0.1) is 12.1 Å². The Kier molecular flexibility index (Phi) is 4.94. The number of fused-ring (bicyclic) bond motifs is 1. The molecule has 0 aliphatic carbocycles. The van der Waals surface area contributed by atoms with Crippen molar-refractivity contribution in [1.82, 2.24) is 10.2 Å². The maximum atomic E-state index is 10.9. The average Bonchev–Trinajstić information content (AvgIpc) is 3.10. The average molecular weight is 340 g/mol. The summed E-state index contributed by atoms with van der Waals surface area (Å²) >= 11 is 6.31. The largest absolute Gasteiger partial charge is 0.493 e. The van der Waals surface area contributed by atoms with E-state index in [1.807, 2.05) is 12.1 Å². The van der Waals surface area contributed by atoms with Crippen molar-refractivity contribution >= 4 is 17.5 Å². The van der Waals surface area contributed by atoms with Gasteiger partial charge in [0.15, 0.2) is 18.1 Å². The second-order valence-corrected chi connectivity index (χ2v) is 6.52. The van der Waals surface area contributed by atoms with Crippen molar-refractivity contribution in [2.75, 3.05) is 33.4 Å². The van der Waals surface area contributed by atoms with Crippen molar-refractivity contribution < 1.29 is 14.3 Å². The number of hydrogen-bond acceptors (Lipinski definition) is 5. The van der Waals surface area contributed by atoms with E-state index in [0.29, 0.717) is 22.6 Å². The number of benzene rings is 1. The Hall–Kier alpha value is -1.50. The molecule has 3 rings (SSSR count). The van der Waals surface area contributed by atoms with Crippen LogP contribution in [0.15, 0.2) is 12.1 Å². The Balaban J connectivity index is 1.75. The third-order valence-electron chi connectivity index (χ3n) is 4.59. The van der Waals surface area contributed by atoms with Crippen molar-refractivity contribution in [2.45, 2.75) is 19.0 Å². The number of nitrogens with zero attached hydrogens (tertiary/aromatic N) is 1. The summed E-state index contributed by atoms with van der Waals surface area (Å²) in [4.78, 5) is 13.4. The van der Waals surface area contributed by atoms with Crippen LogP contribution < -0.4 is 20.5 Å². The van der Waals surface area contributed by atoms with Gasteiger partial charge in [-0.3, -0.25) is 9.69 Å². The maximum Gasteiger partial charge on any atom is 0.255 e. The van der Waals surface area contributed by atoms with E-state index >= 15 is 0 Å². The summed E-state index contributed by atoms with van der Waals surface area (Å²) in [6.07, 6.45) is 1.24. The molecule has 2 saturated heterocycles. The number of amides is 1. The molecule has 3 N–H and O–H groups in total. The maximum absolute atomic E-state index is 10.9. The Bertz CT molecular complexity index is 596. The lowest BCUT2D eigenvalue weighted by Crippen LogP contribution is -2.33. The third-order valence-corrected chi connectivity index (χ3v) is 4.87. The molecule has 0 unspecified atom stereocenters. The fourth-order valence-electron chi connectivity index (χ4n) is 3.52. The quantitative estimate of drug-likeness (QED) is 0.808. The molecule has 1 aromatic carbocycles. The van der Waals surface area contributed by atoms with Gasteiger partial charge in [-0.05, 0) is 43.1 Å². The molecule has 7 heteroatoms. The van der Waals surface area contributed by atoms with Crippen LogP contribution in [0, 0.1) is 5.92 Å². The molecule has 0 spiro atoms. The Labute approximate surface area is 140 Å². The summed E-state index contributed by atoms with van der Waals surface area (Å²) in [5.74, 6) is 1.09. The zero-order chi connectivity index (χ0) is 16.4. The molecule has 2 fully saturated rings. The van der Waals surface area contributed by atoms with E-state index in [4.69, 9.17) is 26.8 Å². The normalized spacial score (nSPS) is 23.7. The second kappa shape index (κ2) is 6.95. The number of methoxy groups -OCH3 is 1. The minimum Gasteiger partial charge on any atom is -0.493 e. The van der Waals surface area contributed by atoms with E-state index in [9.17, 15) is 4.79 Å². The topological polar surface area (TPSA) is 76.8 Å². The van der Waals surface area contributed by atoms with Gasteiger partial charge in [-0.15, -0.1) is 0 Å². The van der Waals surface area contributed by atoms with Crippen molar-refractivity contribution in [3.05, 3.63) is 22.7 Å². The van der Waals surface area contributed by atoms with Crippen LogP contribution in [0.2, 0.25) is 5.02 Å². The number of ether oxygens (including phenoxy) is 2. The van der Waals surface area contributed by atoms with Crippen LogP contribution in [-0.2, 0) is 11.3 Å². The zero-order valence-electron chi connectivity index (χ0n) is 13.2. The van der Waals surface area contributed by atoms with E-state index in [1.54, 1.807) is 7.11 Å². The molecule has 6 nitrogen and oxygen atoms in total. The van der Waals surface area contributed by atoms with Gasteiger partial charge in [-0.2, -0.15) is 0 Å². The molecular formula is C16H22ClN3O3. The van der Waals surface area contributed by atoms with Gasteiger partial charge in [-0.25, -0.2) is 0 Å². The van der Waals surface area contributed by atoms with Crippen LogP contribution >= 0.6 is 11.6 Å². The number of carbonyl (C=O) groups is 1. The molecule has 23 heavy (non-hydrogen) atoms. The number of hydrogen-bond donors (Lipinski definition) is 2. The van der Waals surface area contributed by atoms with Crippen LogP contribution in [0.25, 0.3) is 0 Å². The molecule has 0 radical (unpaired) electrons. The molecule has 2 aliphatic heterocycles. The van der Waals surface area contributed by atoms with Crippen molar-refractivity contribution in [2.24, 2.45) is 11.7 Å². The van der Waals surface area contributed by atoms with Gasteiger partial charge in [0.1, 0.15) is 0 Å². The lowest BCUT2D eigenvalue weighted by Gasteiger charge is -2.24. The van der Waals surface area contributed by atoms with Crippen LogP contribution in [0.4, 0.5) is 0 Å². The molecule has 2 atom stereocenters. The third kappa shape index (κ3) is 3.54. The van der Waals surface area contributed by atoms with Gasteiger partial charge < -0.3 is 20.5 Å². The van der Waals surface area contributed by atoms with Crippen molar-refractivity contribution in [3.63, 3.8) is 0 Å². The van der Waals surface area contributed by atoms with E-state index in [1.165, 1.54) is 6.42 Å². The lowest BCUT2D eigenvalue weighted by molar-refractivity contribution is -0.119. The first-order valence-electron chi connectivity index (χ1n) is 7.80. The Morgan fingerprint density at radius 2 is 2.30 bits per heavy atom. The Morgan fingerprint density at radius 1 is 1.48 bits per heavy atom. The highest BCUT2D eigenvalue weighted by Gasteiger charge is 2.37. The molecule has 0 saturated carbocycles. The number of nitrogens with two attached hydrogens (primary N) is 1. The highest BCUT2D eigenvalue weighted by Crippen LogP contribution is 2.37. The summed E-state index contributed by atoms with van der Waals surface area (Å²) in [5, 5.41) is 3.89. The monoisotopic (exact) mass is 339 g/mol. The molecule has 1 aromatic rings. The molecule has 2 aliphatic rings. The molecule has 1 amide bonds. The minimum atomic E-state index is -0.552. The molecule has 126 valence electrons. The molecule has 2 heterocycles. The molecular weight excluding hydrogens is 318 g/mol. The van der Waals surface area contributed by atoms with Crippen molar-refractivity contribution in [1.29, 1.82) is 0 Å². The van der Waals surface area contributed by atoms with Gasteiger partial charge in [0.25, 0.3) is 5.91 Å². The number of halogens is 1. The van der Waals surface area contributed by atoms with E-state index in [0.717, 1.165) is 37.7 Å². The summed E-state index contributed by atoms with van der Waals surface area (Å²) in [6.45, 7) is 3.88. The summed E-state index contributed by atoms with van der Waals surface area (Å²) < 4.78 is 10.7. The highest BCUT2D eigenvalue weighted by molar-refractivity contribution is 6.32. The highest BCUT2D eigenvalue weighted by atomic mass is 35.5. The SMILES string of the molecule is COc1cc(CN2CC[C@@H]3CNC[C@@H]32)cc(Cl)c1OCC(N)=O. The van der Waals surface area contributed by atoms with E-state index in [-0.39, 0.29) is 6.61 Å². The van der Waals surface area contributed by atoms with E-state index < -0.39 is 5.91 Å². The molecule has 0 bridgehead atoms. The number of likely N-dealkylation sites (tertiary alicyclic amines) is 1. The van der Waals surface area contributed by atoms with Crippen LogP contribution in [0.1, 0.15) is 12.0 Å².